The summed E-state index contributed by atoms with van der Waals surface area (Å²) in [6.45, 7) is 3.93. The van der Waals surface area contributed by atoms with E-state index in [9.17, 15) is 14.7 Å². The van der Waals surface area contributed by atoms with E-state index in [1.54, 1.807) is 0 Å². The van der Waals surface area contributed by atoms with E-state index in [0.717, 1.165) is 32.1 Å². The van der Waals surface area contributed by atoms with Crippen LogP contribution in [0.4, 0.5) is 0 Å². The van der Waals surface area contributed by atoms with Crippen LogP contribution in [0.15, 0.2) is 60.8 Å². The molecular weight excluding hydrogens is 572 g/mol. The molecule has 0 aromatic carbocycles. The molecule has 0 aliphatic rings. The zero-order chi connectivity index (χ0) is 33.6. The molecule has 0 fully saturated rings. The maximum Gasteiger partial charge on any atom is 0.306 e. The van der Waals surface area contributed by atoms with Crippen LogP contribution in [-0.4, -0.2) is 36.4 Å². The number of aliphatic hydroxyl groups excluding tert-OH is 1. The van der Waals surface area contributed by atoms with Gasteiger partial charge in [-0.1, -0.05) is 190 Å². The van der Waals surface area contributed by atoms with Gasteiger partial charge >= 0.3 is 11.9 Å². The van der Waals surface area contributed by atoms with Crippen molar-refractivity contribution in [2.75, 3.05) is 13.2 Å². The number of aliphatic hydroxyl groups is 1. The van der Waals surface area contributed by atoms with Crippen molar-refractivity contribution in [3.8, 4) is 0 Å². The lowest BCUT2D eigenvalue weighted by Gasteiger charge is -2.15. The number of esters is 2. The second-order valence-corrected chi connectivity index (χ2v) is 12.4. The first-order valence-corrected chi connectivity index (χ1v) is 18.9. The normalized spacial score (nSPS) is 12.8. The summed E-state index contributed by atoms with van der Waals surface area (Å²) in [6.07, 6.45) is 47.2. The molecule has 1 atom stereocenters. The number of allylic oxidation sites excluding steroid dienone is 10. The Labute approximate surface area is 283 Å². The highest BCUT2D eigenvalue weighted by Gasteiger charge is 2.16. The minimum absolute atomic E-state index is 0.103. The molecular formula is C41H70O5. The summed E-state index contributed by atoms with van der Waals surface area (Å²) in [5.41, 5.74) is 0. The fourth-order valence-corrected chi connectivity index (χ4v) is 5.11. The molecule has 0 aromatic heterocycles. The summed E-state index contributed by atoms with van der Waals surface area (Å²) in [7, 11) is 0. The third kappa shape index (κ3) is 34.5. The van der Waals surface area contributed by atoms with Crippen LogP contribution in [0.1, 0.15) is 168 Å². The standard InChI is InChI=1S/C41H70O5/c1-3-5-7-9-11-13-15-17-18-19-20-21-22-24-26-28-30-32-34-36-41(44)46-39(37-42)38-45-40(43)35-33-31-29-27-25-23-16-14-12-10-8-6-4-2/h6,8,10,12,14,16,23,25,27,29,39,42H,3-5,7,9,11,13,15,17-22,24,26,28,30-38H2,1-2H3/b8-6+,12-10+,16-14+,25-23+,29-27+. The second-order valence-electron chi connectivity index (χ2n) is 12.4. The van der Waals surface area contributed by atoms with Gasteiger partial charge in [-0.25, -0.2) is 0 Å². The molecule has 0 aliphatic heterocycles. The minimum Gasteiger partial charge on any atom is -0.462 e. The third-order valence-corrected chi connectivity index (χ3v) is 7.95. The van der Waals surface area contributed by atoms with Crippen molar-refractivity contribution >= 4 is 11.9 Å². The molecule has 1 N–H and O–H groups in total. The van der Waals surface area contributed by atoms with Gasteiger partial charge in [0.25, 0.3) is 0 Å². The third-order valence-electron chi connectivity index (χ3n) is 7.95. The van der Waals surface area contributed by atoms with E-state index in [0.29, 0.717) is 12.8 Å². The molecule has 0 aromatic rings. The van der Waals surface area contributed by atoms with Crippen molar-refractivity contribution < 1.29 is 24.2 Å². The van der Waals surface area contributed by atoms with Gasteiger partial charge in [0.15, 0.2) is 6.10 Å². The summed E-state index contributed by atoms with van der Waals surface area (Å²) < 4.78 is 10.5. The minimum atomic E-state index is -0.799. The Morgan fingerprint density at radius 2 is 0.935 bits per heavy atom. The molecule has 0 saturated heterocycles. The van der Waals surface area contributed by atoms with Crippen molar-refractivity contribution in [3.05, 3.63) is 60.8 Å². The van der Waals surface area contributed by atoms with Gasteiger partial charge in [-0.3, -0.25) is 9.59 Å². The number of hydrogen-bond acceptors (Lipinski definition) is 5. The van der Waals surface area contributed by atoms with E-state index in [2.05, 4.69) is 19.9 Å². The largest absolute Gasteiger partial charge is 0.462 e. The number of carbonyl (C=O) groups is 2. The molecule has 0 heterocycles. The van der Waals surface area contributed by atoms with E-state index in [1.807, 2.05) is 54.7 Å². The molecule has 0 saturated carbocycles. The molecule has 264 valence electrons. The lowest BCUT2D eigenvalue weighted by atomic mass is 10.0. The number of ether oxygens (including phenoxy) is 2. The predicted octanol–water partition coefficient (Wildman–Crippen LogP) is 11.6. The maximum absolute atomic E-state index is 12.2. The molecule has 46 heavy (non-hydrogen) atoms. The van der Waals surface area contributed by atoms with Crippen molar-refractivity contribution in [2.45, 2.75) is 174 Å². The van der Waals surface area contributed by atoms with E-state index < -0.39 is 6.10 Å². The maximum atomic E-state index is 12.2. The van der Waals surface area contributed by atoms with Crippen LogP contribution in [0, 0.1) is 0 Å². The molecule has 0 rings (SSSR count). The quantitative estimate of drug-likeness (QED) is 0.0438. The Hall–Kier alpha value is -2.40. The number of hydrogen-bond donors (Lipinski definition) is 1. The fraction of sp³-hybridized carbons (Fsp3) is 0.707. The SMILES string of the molecule is CC/C=C/C=C/C=C/C=C/C=C/CCCC(=O)OCC(CO)OC(=O)CCCCCCCCCCCCCCCCCCCCC. The first-order valence-electron chi connectivity index (χ1n) is 18.9. The Bertz CT molecular complexity index is 823. The topological polar surface area (TPSA) is 72.8 Å². The van der Waals surface area contributed by atoms with E-state index in [4.69, 9.17) is 9.47 Å². The molecule has 0 spiro atoms. The van der Waals surface area contributed by atoms with Crippen LogP contribution < -0.4 is 0 Å². The Morgan fingerprint density at radius 1 is 0.522 bits per heavy atom. The van der Waals surface area contributed by atoms with Gasteiger partial charge in [-0.2, -0.15) is 0 Å². The van der Waals surface area contributed by atoms with E-state index >= 15 is 0 Å². The zero-order valence-corrected chi connectivity index (χ0v) is 29.8. The smallest absolute Gasteiger partial charge is 0.306 e. The van der Waals surface area contributed by atoms with Gasteiger partial charge in [0.1, 0.15) is 6.61 Å². The summed E-state index contributed by atoms with van der Waals surface area (Å²) in [4.78, 5) is 24.2. The molecule has 0 amide bonds. The van der Waals surface area contributed by atoms with Crippen molar-refractivity contribution in [2.24, 2.45) is 0 Å². The highest BCUT2D eigenvalue weighted by molar-refractivity contribution is 5.70. The lowest BCUT2D eigenvalue weighted by molar-refractivity contribution is -0.161. The monoisotopic (exact) mass is 643 g/mol. The average molecular weight is 643 g/mol. The average Bonchev–Trinajstić information content (AvgIpc) is 3.06. The Morgan fingerprint density at radius 3 is 1.39 bits per heavy atom. The summed E-state index contributed by atoms with van der Waals surface area (Å²) in [5, 5.41) is 9.53. The first-order chi connectivity index (χ1) is 22.6. The number of carbonyl (C=O) groups excluding carboxylic acids is 2. The van der Waals surface area contributed by atoms with Crippen LogP contribution in [0.5, 0.6) is 0 Å². The first kappa shape index (κ1) is 43.6. The predicted molar refractivity (Wildman–Crippen MR) is 196 cm³/mol. The van der Waals surface area contributed by atoms with Crippen LogP contribution >= 0.6 is 0 Å². The van der Waals surface area contributed by atoms with Crippen molar-refractivity contribution in [1.82, 2.24) is 0 Å². The fourth-order valence-electron chi connectivity index (χ4n) is 5.11. The Kier molecular flexibility index (Phi) is 35.1. The van der Waals surface area contributed by atoms with Crippen LogP contribution in [0.25, 0.3) is 0 Å². The van der Waals surface area contributed by atoms with Gasteiger partial charge in [0.05, 0.1) is 6.61 Å². The summed E-state index contributed by atoms with van der Waals surface area (Å²) in [5.74, 6) is -0.677. The molecule has 0 aliphatic carbocycles. The van der Waals surface area contributed by atoms with Gasteiger partial charge in [0, 0.05) is 12.8 Å². The van der Waals surface area contributed by atoms with Crippen molar-refractivity contribution in [3.63, 3.8) is 0 Å². The van der Waals surface area contributed by atoms with Crippen LogP contribution in [0.2, 0.25) is 0 Å². The molecule has 0 radical (unpaired) electrons. The Balaban J connectivity index is 3.62. The highest BCUT2D eigenvalue weighted by Crippen LogP contribution is 2.15. The molecule has 5 nitrogen and oxygen atoms in total. The van der Waals surface area contributed by atoms with Gasteiger partial charge in [0.2, 0.25) is 0 Å². The van der Waals surface area contributed by atoms with E-state index in [-0.39, 0.29) is 31.6 Å². The lowest BCUT2D eigenvalue weighted by Crippen LogP contribution is -2.28. The van der Waals surface area contributed by atoms with Gasteiger partial charge in [-0.05, 0) is 25.7 Å². The van der Waals surface area contributed by atoms with Crippen LogP contribution in [-0.2, 0) is 19.1 Å². The van der Waals surface area contributed by atoms with E-state index in [1.165, 1.54) is 103 Å². The second kappa shape index (κ2) is 37.1. The molecule has 1 unspecified atom stereocenters. The number of rotatable bonds is 33. The zero-order valence-electron chi connectivity index (χ0n) is 29.8. The van der Waals surface area contributed by atoms with Gasteiger partial charge in [-0.15, -0.1) is 0 Å². The number of unbranched alkanes of at least 4 members (excludes halogenated alkanes) is 19. The van der Waals surface area contributed by atoms with Crippen molar-refractivity contribution in [1.29, 1.82) is 0 Å². The summed E-state index contributed by atoms with van der Waals surface area (Å²) >= 11 is 0. The molecule has 0 bridgehead atoms. The highest BCUT2D eigenvalue weighted by atomic mass is 16.6. The van der Waals surface area contributed by atoms with Gasteiger partial charge < -0.3 is 14.6 Å². The summed E-state index contributed by atoms with van der Waals surface area (Å²) in [6, 6.07) is 0. The van der Waals surface area contributed by atoms with Crippen LogP contribution in [0.3, 0.4) is 0 Å². The molecule has 5 heteroatoms.